The van der Waals surface area contributed by atoms with E-state index in [2.05, 4.69) is 0 Å². The smallest absolute Gasteiger partial charge is 0.334 e. The zero-order valence-electron chi connectivity index (χ0n) is 37.9. The van der Waals surface area contributed by atoms with Crippen LogP contribution in [0.3, 0.4) is 0 Å². The number of hydrogen-bond acceptors (Lipinski definition) is 8. The van der Waals surface area contributed by atoms with Crippen molar-refractivity contribution in [2.24, 2.45) is 0 Å². The molecule has 2 aliphatic heterocycles. The lowest BCUT2D eigenvalue weighted by molar-refractivity contribution is -0.148. The number of allylic oxidation sites excluding steroid dienone is 1. The van der Waals surface area contributed by atoms with Crippen LogP contribution in [-0.2, 0) is 45.3 Å². The molecule has 0 aliphatic carbocycles. The van der Waals surface area contributed by atoms with Gasteiger partial charge in [-0.2, -0.15) is 17.6 Å². The summed E-state index contributed by atoms with van der Waals surface area (Å²) < 4.78 is 68.0. The maximum Gasteiger partial charge on any atom is 0.334 e. The van der Waals surface area contributed by atoms with Gasteiger partial charge in [-0.1, -0.05) is 105 Å². The molecule has 2 fully saturated rings. The topological polar surface area (TPSA) is 131 Å². The molecule has 2 aliphatic rings. The third-order valence-electron chi connectivity index (χ3n) is 11.0. The Hall–Kier alpha value is -4.85. The van der Waals surface area contributed by atoms with Gasteiger partial charge in [0.1, 0.15) is 6.10 Å². The summed E-state index contributed by atoms with van der Waals surface area (Å²) in [6, 6.07) is 13.6. The highest BCUT2D eigenvalue weighted by molar-refractivity contribution is 5.96. The van der Waals surface area contributed by atoms with Gasteiger partial charge in [-0.05, 0) is 85.1 Å². The summed E-state index contributed by atoms with van der Waals surface area (Å²) in [5.41, 5.74) is -0.588. The third-order valence-corrected chi connectivity index (χ3v) is 11.0. The maximum atomic E-state index is 14.5. The number of ether oxygens (including phenoxy) is 2. The van der Waals surface area contributed by atoms with Crippen molar-refractivity contribution < 1.29 is 56.1 Å². The first-order valence-corrected chi connectivity index (χ1v) is 22.9. The first kappa shape index (κ1) is 53.5. The van der Waals surface area contributed by atoms with Gasteiger partial charge in [0.05, 0.1) is 24.3 Å². The highest BCUT2D eigenvalue weighted by Crippen LogP contribution is 2.33. The van der Waals surface area contributed by atoms with E-state index in [1.54, 1.807) is 28.0 Å². The van der Waals surface area contributed by atoms with Crippen molar-refractivity contribution in [2.75, 3.05) is 13.1 Å². The number of aliphatic hydroxyl groups excluding tert-OH is 1. The van der Waals surface area contributed by atoms with Gasteiger partial charge >= 0.3 is 23.8 Å². The van der Waals surface area contributed by atoms with Crippen molar-refractivity contribution in [1.82, 2.24) is 9.80 Å². The molecular weight excluding hydrogens is 833 g/mol. The van der Waals surface area contributed by atoms with Gasteiger partial charge in [0.15, 0.2) is 0 Å². The minimum Gasteiger partial charge on any atom is -0.463 e. The number of hydrogen-bond donors (Lipinski definition) is 1. The standard InChI is InChI=1S/C25H35F2NO4.C25H33F2NO4/c2*1-19(2)32-24(31)15-8-3-4-9-18-28-21(13-10-14-23(28)30)16-17-22(29)25(26,27)20-11-6-5-7-12-20/h5-7,11-12,16-17,19,21-22,29H,3-4,8-10,13-15,18H2,1-2H3;5-7,11-12,16-17,19,21H,3-4,8-10,13-15,18H2,1-2H3/b2*17-16+/t21-,22-;21-/m11/s1. The van der Waals surface area contributed by atoms with Crippen LogP contribution < -0.4 is 0 Å². The molecule has 2 heterocycles. The summed E-state index contributed by atoms with van der Waals surface area (Å²) in [4.78, 5) is 63.4. The number of carbonyl (C=O) groups excluding carboxylic acids is 5. The second-order valence-corrected chi connectivity index (χ2v) is 17.0. The number of esters is 2. The van der Waals surface area contributed by atoms with Gasteiger partial charge in [-0.25, -0.2) is 0 Å². The summed E-state index contributed by atoms with van der Waals surface area (Å²) in [7, 11) is 0. The molecule has 2 amide bonds. The van der Waals surface area contributed by atoms with Crippen LogP contribution in [-0.4, -0.2) is 87.9 Å². The molecule has 2 aromatic carbocycles. The molecule has 0 saturated carbocycles. The number of aliphatic hydroxyl groups is 1. The Labute approximate surface area is 376 Å². The van der Waals surface area contributed by atoms with Crippen LogP contribution in [0.4, 0.5) is 17.6 Å². The zero-order chi connectivity index (χ0) is 47.1. The molecule has 0 spiro atoms. The van der Waals surface area contributed by atoms with E-state index in [1.807, 2.05) is 27.7 Å². The molecule has 14 heteroatoms. The molecule has 4 rings (SSSR count). The van der Waals surface area contributed by atoms with Crippen molar-refractivity contribution >= 4 is 29.5 Å². The summed E-state index contributed by atoms with van der Waals surface area (Å²) in [5, 5.41) is 10.1. The predicted octanol–water partition coefficient (Wildman–Crippen LogP) is 10.2. The second kappa shape index (κ2) is 27.5. The zero-order valence-corrected chi connectivity index (χ0v) is 37.9. The number of halogens is 4. The minimum absolute atomic E-state index is 0.00993. The Bertz CT molecular complexity index is 1800. The number of nitrogens with zero attached hydrogens (tertiary/aromatic N) is 2. The molecule has 0 aromatic heterocycles. The van der Waals surface area contributed by atoms with Crippen molar-refractivity contribution in [3.63, 3.8) is 0 Å². The summed E-state index contributed by atoms with van der Waals surface area (Å²) in [5.74, 6) is -8.69. The molecule has 64 heavy (non-hydrogen) atoms. The van der Waals surface area contributed by atoms with Crippen molar-refractivity contribution in [3.8, 4) is 0 Å². The monoisotopic (exact) mass is 900 g/mol. The maximum absolute atomic E-state index is 14.5. The average molecular weight is 901 g/mol. The van der Waals surface area contributed by atoms with Crippen molar-refractivity contribution in [2.45, 2.75) is 173 Å². The molecule has 2 aromatic rings. The highest BCUT2D eigenvalue weighted by atomic mass is 19.3. The number of piperidine rings is 2. The lowest BCUT2D eigenvalue weighted by Crippen LogP contribution is -2.43. The van der Waals surface area contributed by atoms with E-state index < -0.39 is 23.7 Å². The van der Waals surface area contributed by atoms with Crippen LogP contribution >= 0.6 is 0 Å². The summed E-state index contributed by atoms with van der Waals surface area (Å²) in [6.45, 7) is 8.31. The number of rotatable bonds is 24. The van der Waals surface area contributed by atoms with Crippen molar-refractivity contribution in [3.05, 3.63) is 96.1 Å². The van der Waals surface area contributed by atoms with Gasteiger partial charge in [0.2, 0.25) is 17.6 Å². The van der Waals surface area contributed by atoms with Crippen LogP contribution in [0.15, 0.2) is 85.0 Å². The van der Waals surface area contributed by atoms with Crippen molar-refractivity contribution in [1.29, 1.82) is 0 Å². The normalized spacial score (nSPS) is 17.8. The van der Waals surface area contributed by atoms with Crippen LogP contribution in [0, 0.1) is 0 Å². The highest BCUT2D eigenvalue weighted by Gasteiger charge is 2.40. The molecule has 354 valence electrons. The fourth-order valence-electron chi connectivity index (χ4n) is 7.61. The lowest BCUT2D eigenvalue weighted by atomic mass is 9.98. The van der Waals surface area contributed by atoms with Gasteiger partial charge in [-0.15, -0.1) is 0 Å². The SMILES string of the molecule is CC(C)OC(=O)CCCCCCN1C(=O)CCC[C@@H]1/C=C/C(=O)C(F)(F)c1ccccc1.CC(C)OC(=O)CCCCCCN1C(=O)CCC[C@@H]1/C=C/[C@@H](O)C(F)(F)c1ccccc1. The second-order valence-electron chi connectivity index (χ2n) is 17.0. The minimum atomic E-state index is -3.60. The van der Waals surface area contributed by atoms with Gasteiger partial charge in [-0.3, -0.25) is 24.0 Å². The van der Waals surface area contributed by atoms with E-state index in [-0.39, 0.29) is 59.2 Å². The molecule has 0 unspecified atom stereocenters. The van der Waals surface area contributed by atoms with E-state index in [9.17, 15) is 46.6 Å². The van der Waals surface area contributed by atoms with E-state index in [0.717, 1.165) is 63.5 Å². The number of ketones is 1. The van der Waals surface area contributed by atoms with Gasteiger partial charge in [0.25, 0.3) is 0 Å². The van der Waals surface area contributed by atoms with E-state index in [1.165, 1.54) is 54.6 Å². The molecule has 10 nitrogen and oxygen atoms in total. The molecule has 2 saturated heterocycles. The first-order valence-electron chi connectivity index (χ1n) is 22.9. The Kier molecular flexibility index (Phi) is 23.0. The number of benzene rings is 2. The lowest BCUT2D eigenvalue weighted by Gasteiger charge is -2.34. The molecular formula is C50H68F4N2O8. The average Bonchev–Trinajstić information content (AvgIpc) is 3.25. The Balaban J connectivity index is 0.000000340. The number of carbonyl (C=O) groups is 5. The Morgan fingerprint density at radius 3 is 1.53 bits per heavy atom. The van der Waals surface area contributed by atoms with E-state index in [4.69, 9.17) is 9.47 Å². The van der Waals surface area contributed by atoms with Crippen LogP contribution in [0.5, 0.6) is 0 Å². The first-order chi connectivity index (χ1) is 30.4. The quantitative estimate of drug-likeness (QED) is 0.0362. The number of alkyl halides is 4. The number of unbranched alkanes of at least 4 members (excludes halogenated alkanes) is 6. The molecule has 0 radical (unpaired) electrons. The van der Waals surface area contributed by atoms with Gasteiger partial charge in [0, 0.05) is 49.9 Å². The van der Waals surface area contributed by atoms with E-state index >= 15 is 0 Å². The van der Waals surface area contributed by atoms with Crippen LogP contribution in [0.25, 0.3) is 0 Å². The fourth-order valence-corrected chi connectivity index (χ4v) is 7.61. The number of amides is 2. The molecule has 0 bridgehead atoms. The Morgan fingerprint density at radius 2 is 1.08 bits per heavy atom. The van der Waals surface area contributed by atoms with Crippen LogP contribution in [0.1, 0.15) is 142 Å². The van der Waals surface area contributed by atoms with Gasteiger partial charge < -0.3 is 24.4 Å². The molecule has 3 atom stereocenters. The third kappa shape index (κ3) is 18.3. The largest absolute Gasteiger partial charge is 0.463 e. The van der Waals surface area contributed by atoms with Crippen LogP contribution in [0.2, 0.25) is 0 Å². The fraction of sp³-hybridized carbons (Fsp3) is 0.580. The Morgan fingerprint density at radius 1 is 0.656 bits per heavy atom. The number of likely N-dealkylation sites (tertiary alicyclic amines) is 2. The predicted molar refractivity (Wildman–Crippen MR) is 237 cm³/mol. The summed E-state index contributed by atoms with van der Waals surface area (Å²) in [6.07, 6.45) is 13.6. The summed E-state index contributed by atoms with van der Waals surface area (Å²) >= 11 is 0. The van der Waals surface area contributed by atoms with E-state index in [0.29, 0.717) is 64.5 Å². The molecule has 1 N–H and O–H groups in total.